The van der Waals surface area contributed by atoms with Gasteiger partial charge >= 0.3 is 6.09 Å². The number of aliphatic hydroxyl groups is 2. The quantitative estimate of drug-likeness (QED) is 0.569. The molecule has 4 N–H and O–H groups in total. The number of aliphatic hydroxyl groups excluding tert-OH is 2. The molecule has 2 atom stereocenters. The predicted molar refractivity (Wildman–Crippen MR) is 101 cm³/mol. The van der Waals surface area contributed by atoms with Crippen LogP contribution in [0.5, 0.6) is 0 Å². The van der Waals surface area contributed by atoms with E-state index in [1.54, 1.807) is 24.3 Å². The monoisotopic (exact) mass is 372 g/mol. The highest BCUT2D eigenvalue weighted by molar-refractivity contribution is 5.88. The fraction of sp³-hybridized carbons (Fsp3) is 0.300. The molecule has 2 aromatic carbocycles. The van der Waals surface area contributed by atoms with Crippen LogP contribution in [0.15, 0.2) is 54.6 Å². The van der Waals surface area contributed by atoms with Crippen molar-refractivity contribution in [3.8, 4) is 0 Å². The average Bonchev–Trinajstić information content (AvgIpc) is 2.66. The normalized spacial score (nSPS) is 12.7. The van der Waals surface area contributed by atoms with Crippen molar-refractivity contribution in [3.63, 3.8) is 0 Å². The topological polar surface area (TPSA) is 108 Å². The highest BCUT2D eigenvalue weighted by Crippen LogP contribution is 2.22. The van der Waals surface area contributed by atoms with Gasteiger partial charge in [-0.25, -0.2) is 4.79 Å². The van der Waals surface area contributed by atoms with Crippen LogP contribution >= 0.6 is 0 Å². The number of benzene rings is 2. The fourth-order valence-corrected chi connectivity index (χ4v) is 2.48. The van der Waals surface area contributed by atoms with E-state index in [4.69, 9.17) is 4.74 Å². The van der Waals surface area contributed by atoms with Gasteiger partial charge in [-0.3, -0.25) is 4.79 Å². The Morgan fingerprint density at radius 1 is 1.07 bits per heavy atom. The van der Waals surface area contributed by atoms with Gasteiger partial charge in [-0.1, -0.05) is 42.5 Å². The van der Waals surface area contributed by atoms with Crippen LogP contribution in [0.1, 0.15) is 30.6 Å². The largest absolute Gasteiger partial charge is 0.445 e. The first kappa shape index (κ1) is 20.4. The second kappa shape index (κ2) is 10.3. The molecule has 0 saturated carbocycles. The van der Waals surface area contributed by atoms with Gasteiger partial charge in [-0.2, -0.15) is 0 Å². The standard InChI is InChI=1S/C20H24N2O5/c1-14(23)22-17-9-5-8-16(12-17)19(25)18(24)10-11-21-20(26)27-13-15-6-3-2-4-7-15/h2-9,12,18-19,24-25H,10-11,13H2,1H3,(H,21,26)(H,22,23). The van der Waals surface area contributed by atoms with Crippen LogP contribution in [0.4, 0.5) is 10.5 Å². The first-order valence-corrected chi connectivity index (χ1v) is 8.64. The molecule has 27 heavy (non-hydrogen) atoms. The van der Waals surface area contributed by atoms with Gasteiger partial charge in [0.1, 0.15) is 12.7 Å². The Morgan fingerprint density at radius 3 is 2.52 bits per heavy atom. The number of ether oxygens (including phenoxy) is 1. The molecule has 2 unspecified atom stereocenters. The molecule has 2 amide bonds. The van der Waals surface area contributed by atoms with Crippen molar-refractivity contribution in [2.75, 3.05) is 11.9 Å². The zero-order valence-electron chi connectivity index (χ0n) is 15.1. The van der Waals surface area contributed by atoms with E-state index in [1.165, 1.54) is 6.92 Å². The molecule has 0 radical (unpaired) electrons. The van der Waals surface area contributed by atoms with Crippen LogP contribution in [0.2, 0.25) is 0 Å². The van der Waals surface area contributed by atoms with E-state index in [-0.39, 0.29) is 25.5 Å². The van der Waals surface area contributed by atoms with Crippen molar-refractivity contribution in [1.82, 2.24) is 5.32 Å². The molecule has 0 aliphatic carbocycles. The minimum atomic E-state index is -1.14. The zero-order valence-corrected chi connectivity index (χ0v) is 15.1. The van der Waals surface area contributed by atoms with Crippen LogP contribution in [0, 0.1) is 0 Å². The molecular formula is C20H24N2O5. The van der Waals surface area contributed by atoms with E-state index in [2.05, 4.69) is 10.6 Å². The molecule has 0 aliphatic rings. The molecule has 0 saturated heterocycles. The third kappa shape index (κ3) is 7.08. The molecule has 0 aliphatic heterocycles. The van der Waals surface area contributed by atoms with Crippen molar-refractivity contribution < 1.29 is 24.5 Å². The summed E-state index contributed by atoms with van der Waals surface area (Å²) in [5, 5.41) is 25.6. The maximum Gasteiger partial charge on any atom is 0.407 e. The first-order valence-electron chi connectivity index (χ1n) is 8.64. The summed E-state index contributed by atoms with van der Waals surface area (Å²) in [6.07, 6.45) is -2.66. The lowest BCUT2D eigenvalue weighted by molar-refractivity contribution is -0.114. The van der Waals surface area contributed by atoms with Gasteiger partial charge in [0, 0.05) is 19.2 Å². The summed E-state index contributed by atoms with van der Waals surface area (Å²) >= 11 is 0. The van der Waals surface area contributed by atoms with Gasteiger partial charge in [-0.05, 0) is 29.7 Å². The Labute approximate surface area is 158 Å². The number of anilines is 1. The minimum absolute atomic E-state index is 0.145. The molecule has 144 valence electrons. The maximum atomic E-state index is 11.7. The average molecular weight is 372 g/mol. The lowest BCUT2D eigenvalue weighted by Crippen LogP contribution is -2.29. The van der Waals surface area contributed by atoms with Crippen LogP contribution in [-0.2, 0) is 16.1 Å². The SMILES string of the molecule is CC(=O)Nc1cccc(C(O)C(O)CCNC(=O)OCc2ccccc2)c1. The van der Waals surface area contributed by atoms with Crippen LogP contribution < -0.4 is 10.6 Å². The minimum Gasteiger partial charge on any atom is -0.445 e. The Hall–Kier alpha value is -2.90. The molecule has 0 aromatic heterocycles. The van der Waals surface area contributed by atoms with Gasteiger partial charge in [0.05, 0.1) is 6.10 Å². The summed E-state index contributed by atoms with van der Waals surface area (Å²) < 4.78 is 5.07. The van der Waals surface area contributed by atoms with E-state index in [0.717, 1.165) is 5.56 Å². The summed E-state index contributed by atoms with van der Waals surface area (Å²) in [7, 11) is 0. The van der Waals surface area contributed by atoms with Gasteiger partial charge in [0.15, 0.2) is 0 Å². The van der Waals surface area contributed by atoms with Crippen molar-refractivity contribution >= 4 is 17.7 Å². The number of hydrogen-bond donors (Lipinski definition) is 4. The number of nitrogens with one attached hydrogen (secondary N) is 2. The van der Waals surface area contributed by atoms with Crippen molar-refractivity contribution in [1.29, 1.82) is 0 Å². The van der Waals surface area contributed by atoms with Gasteiger partial charge in [0.25, 0.3) is 0 Å². The lowest BCUT2D eigenvalue weighted by atomic mass is 10.0. The van der Waals surface area contributed by atoms with E-state index < -0.39 is 18.3 Å². The van der Waals surface area contributed by atoms with Crippen LogP contribution in [-0.4, -0.2) is 34.9 Å². The molecule has 7 nitrogen and oxygen atoms in total. The third-order valence-corrected chi connectivity index (χ3v) is 3.84. The lowest BCUT2D eigenvalue weighted by Gasteiger charge is -2.19. The number of carbonyl (C=O) groups excluding carboxylic acids is 2. The number of carbonyl (C=O) groups is 2. The number of rotatable bonds is 8. The Morgan fingerprint density at radius 2 is 1.81 bits per heavy atom. The van der Waals surface area contributed by atoms with Crippen molar-refractivity contribution in [2.45, 2.75) is 32.2 Å². The van der Waals surface area contributed by atoms with Gasteiger partial charge in [0.2, 0.25) is 5.91 Å². The molecule has 0 heterocycles. The smallest absolute Gasteiger partial charge is 0.407 e. The predicted octanol–water partition coefficient (Wildman–Crippen LogP) is 2.36. The first-order chi connectivity index (χ1) is 13.0. The summed E-state index contributed by atoms with van der Waals surface area (Å²) in [5.74, 6) is -0.222. The summed E-state index contributed by atoms with van der Waals surface area (Å²) in [6.45, 7) is 1.70. The fourth-order valence-electron chi connectivity index (χ4n) is 2.48. The van der Waals surface area contributed by atoms with E-state index >= 15 is 0 Å². The van der Waals surface area contributed by atoms with E-state index in [9.17, 15) is 19.8 Å². The van der Waals surface area contributed by atoms with Crippen molar-refractivity contribution in [3.05, 3.63) is 65.7 Å². The number of alkyl carbamates (subject to hydrolysis) is 1. The van der Waals surface area contributed by atoms with E-state index in [0.29, 0.717) is 11.3 Å². The highest BCUT2D eigenvalue weighted by Gasteiger charge is 2.19. The molecule has 0 spiro atoms. The van der Waals surface area contributed by atoms with Gasteiger partial charge < -0.3 is 25.6 Å². The van der Waals surface area contributed by atoms with Crippen molar-refractivity contribution in [2.24, 2.45) is 0 Å². The summed E-state index contributed by atoms with van der Waals surface area (Å²) in [5.41, 5.74) is 1.89. The Balaban J connectivity index is 1.75. The summed E-state index contributed by atoms with van der Waals surface area (Å²) in [4.78, 5) is 22.8. The molecule has 2 aromatic rings. The molecule has 0 bridgehead atoms. The Kier molecular flexibility index (Phi) is 7.79. The zero-order chi connectivity index (χ0) is 19.6. The number of hydrogen-bond acceptors (Lipinski definition) is 5. The second-order valence-electron chi connectivity index (χ2n) is 6.10. The third-order valence-electron chi connectivity index (χ3n) is 3.84. The molecular weight excluding hydrogens is 348 g/mol. The van der Waals surface area contributed by atoms with Crippen LogP contribution in [0.25, 0.3) is 0 Å². The highest BCUT2D eigenvalue weighted by atomic mass is 16.5. The van der Waals surface area contributed by atoms with Crippen LogP contribution in [0.3, 0.4) is 0 Å². The number of amides is 2. The van der Waals surface area contributed by atoms with Gasteiger partial charge in [-0.15, -0.1) is 0 Å². The maximum absolute atomic E-state index is 11.7. The Bertz CT molecular complexity index is 751. The second-order valence-corrected chi connectivity index (χ2v) is 6.10. The molecule has 7 heteroatoms. The van der Waals surface area contributed by atoms with E-state index in [1.807, 2.05) is 30.3 Å². The summed E-state index contributed by atoms with van der Waals surface area (Å²) in [6, 6.07) is 15.9. The molecule has 2 rings (SSSR count). The molecule has 0 fully saturated rings.